The fourth-order valence-corrected chi connectivity index (χ4v) is 5.94. The quantitative estimate of drug-likeness (QED) is 0.432. The van der Waals surface area contributed by atoms with Crippen molar-refractivity contribution in [2.24, 2.45) is 7.05 Å². The van der Waals surface area contributed by atoms with Gasteiger partial charge in [-0.2, -0.15) is 0 Å². The summed E-state index contributed by atoms with van der Waals surface area (Å²) in [4.78, 5) is 17.7. The van der Waals surface area contributed by atoms with Crippen molar-refractivity contribution in [3.63, 3.8) is 0 Å². The topological polar surface area (TPSA) is 84.3 Å². The van der Waals surface area contributed by atoms with Crippen LogP contribution in [0, 0.1) is 0 Å². The van der Waals surface area contributed by atoms with Crippen LogP contribution < -0.4 is 9.62 Å². The Morgan fingerprint density at radius 3 is 2.59 bits per heavy atom. The number of halogens is 1. The number of nitrogens with one attached hydrogen (secondary N) is 1. The largest absolute Gasteiger partial charge is 0.331 e. The molecule has 0 radical (unpaired) electrons. The first kappa shape index (κ1) is 22.4. The predicted octanol–water partition coefficient (Wildman–Crippen LogP) is 4.79. The Morgan fingerprint density at radius 1 is 1.09 bits per heavy atom. The second-order valence-corrected chi connectivity index (χ2v) is 10.5. The Kier molecular flexibility index (Phi) is 5.58. The van der Waals surface area contributed by atoms with Gasteiger partial charge in [-0.25, -0.2) is 13.4 Å². The maximum Gasteiger partial charge on any atom is 0.264 e. The number of nitrogens with zero attached hydrogens (tertiary/aromatic N) is 3. The molecule has 0 saturated heterocycles. The maximum absolute atomic E-state index is 13.2. The van der Waals surface area contributed by atoms with Gasteiger partial charge in [-0.3, -0.25) is 9.10 Å². The molecule has 0 bridgehead atoms. The van der Waals surface area contributed by atoms with Crippen LogP contribution in [0.25, 0.3) is 11.0 Å². The van der Waals surface area contributed by atoms with E-state index in [-0.39, 0.29) is 10.8 Å². The highest BCUT2D eigenvalue weighted by molar-refractivity contribution is 7.92. The Hall–Kier alpha value is -3.36. The molecule has 0 fully saturated rings. The molecule has 0 atom stereocenters. The van der Waals surface area contributed by atoms with Crippen molar-refractivity contribution < 1.29 is 13.2 Å². The smallest absolute Gasteiger partial charge is 0.264 e. The normalized spacial score (nSPS) is 13.3. The number of anilines is 2. The number of imidazole rings is 1. The van der Waals surface area contributed by atoms with Crippen LogP contribution in [0.2, 0.25) is 5.02 Å². The Balaban J connectivity index is 1.42. The molecule has 1 aromatic heterocycles. The van der Waals surface area contributed by atoms with Crippen molar-refractivity contribution in [3.8, 4) is 0 Å². The molecule has 3 aromatic carbocycles. The molecule has 5 rings (SSSR count). The number of benzene rings is 3. The first-order chi connectivity index (χ1) is 16.3. The van der Waals surface area contributed by atoms with Crippen molar-refractivity contribution in [2.45, 2.75) is 24.7 Å². The van der Waals surface area contributed by atoms with Crippen molar-refractivity contribution in [3.05, 3.63) is 82.6 Å². The minimum absolute atomic E-state index is 0.175. The molecule has 0 spiro atoms. The maximum atomic E-state index is 13.2. The molecule has 4 aromatic rings. The molecule has 174 valence electrons. The molecule has 7 nitrogen and oxygen atoms in total. The van der Waals surface area contributed by atoms with E-state index < -0.39 is 10.0 Å². The van der Waals surface area contributed by atoms with Crippen molar-refractivity contribution >= 4 is 49.9 Å². The third kappa shape index (κ3) is 3.82. The monoisotopic (exact) mass is 494 g/mol. The van der Waals surface area contributed by atoms with E-state index in [1.54, 1.807) is 36.4 Å². The lowest BCUT2D eigenvalue weighted by Crippen LogP contribution is -2.29. The number of aromatic nitrogens is 2. The van der Waals surface area contributed by atoms with Gasteiger partial charge in [0.05, 0.1) is 21.6 Å². The van der Waals surface area contributed by atoms with Crippen LogP contribution in [-0.4, -0.2) is 30.4 Å². The van der Waals surface area contributed by atoms with E-state index in [1.807, 2.05) is 30.7 Å². The highest BCUT2D eigenvalue weighted by Crippen LogP contribution is 2.35. The van der Waals surface area contributed by atoms with Gasteiger partial charge in [-0.1, -0.05) is 24.6 Å². The molecule has 0 saturated carbocycles. The first-order valence-electron chi connectivity index (χ1n) is 11.0. The summed E-state index contributed by atoms with van der Waals surface area (Å²) in [6.45, 7) is 2.38. The zero-order valence-corrected chi connectivity index (χ0v) is 20.3. The number of aryl methyl sites for hydroxylation is 2. The van der Waals surface area contributed by atoms with E-state index in [2.05, 4.69) is 10.3 Å². The summed E-state index contributed by atoms with van der Waals surface area (Å²) >= 11 is 5.92. The standard InChI is InChI=1S/C25H23ClN4O3S/c1-3-24-28-21-14-17(5-11-22(21)29(24)2)25(31)27-19-8-4-16-12-13-30(23(16)15-19)34(32,33)20-9-6-18(26)7-10-20/h4-11,14-15H,3,12-13H2,1-2H3,(H,27,31). The highest BCUT2D eigenvalue weighted by atomic mass is 35.5. The molecule has 1 amide bonds. The summed E-state index contributed by atoms with van der Waals surface area (Å²) < 4.78 is 29.9. The molecular weight excluding hydrogens is 472 g/mol. The summed E-state index contributed by atoms with van der Waals surface area (Å²) in [5.74, 6) is 0.670. The molecule has 1 aliphatic rings. The van der Waals surface area contributed by atoms with Gasteiger partial charge >= 0.3 is 0 Å². The van der Waals surface area contributed by atoms with Gasteiger partial charge < -0.3 is 9.88 Å². The van der Waals surface area contributed by atoms with Crippen molar-refractivity contribution in [1.82, 2.24) is 9.55 Å². The lowest BCUT2D eigenvalue weighted by Gasteiger charge is -2.20. The Labute approximate surface area is 203 Å². The number of carbonyl (C=O) groups excluding carboxylic acids is 1. The average Bonchev–Trinajstić information content (AvgIpc) is 3.40. The Bertz CT molecular complexity index is 1530. The minimum atomic E-state index is -3.74. The molecule has 34 heavy (non-hydrogen) atoms. The number of rotatable bonds is 5. The van der Waals surface area contributed by atoms with E-state index in [4.69, 9.17) is 11.6 Å². The average molecular weight is 495 g/mol. The number of fused-ring (bicyclic) bond motifs is 2. The molecule has 9 heteroatoms. The van der Waals surface area contributed by atoms with Gasteiger partial charge in [-0.15, -0.1) is 0 Å². The van der Waals surface area contributed by atoms with E-state index in [0.717, 1.165) is 28.8 Å². The summed E-state index contributed by atoms with van der Waals surface area (Å²) in [5, 5.41) is 3.37. The Morgan fingerprint density at radius 2 is 1.85 bits per heavy atom. The zero-order chi connectivity index (χ0) is 24.0. The number of hydrogen-bond acceptors (Lipinski definition) is 4. The minimum Gasteiger partial charge on any atom is -0.331 e. The predicted molar refractivity (Wildman–Crippen MR) is 134 cm³/mol. The van der Waals surface area contributed by atoms with Crippen LogP contribution in [0.15, 0.2) is 65.6 Å². The second kappa shape index (κ2) is 8.45. The van der Waals surface area contributed by atoms with Gasteiger partial charge in [0, 0.05) is 36.3 Å². The number of carbonyl (C=O) groups is 1. The van der Waals surface area contributed by atoms with Gasteiger partial charge in [0.2, 0.25) is 0 Å². The fraction of sp³-hybridized carbons (Fsp3) is 0.200. The first-order valence-corrected chi connectivity index (χ1v) is 12.8. The fourth-order valence-electron chi connectivity index (χ4n) is 4.32. The van der Waals surface area contributed by atoms with Crippen molar-refractivity contribution in [1.29, 1.82) is 0 Å². The van der Waals surface area contributed by atoms with Gasteiger partial charge in [0.25, 0.3) is 15.9 Å². The number of sulfonamides is 1. The summed E-state index contributed by atoms with van der Waals surface area (Å²) in [6.07, 6.45) is 1.41. The third-order valence-corrected chi connectivity index (χ3v) is 8.23. The van der Waals surface area contributed by atoms with Crippen LogP contribution in [0.4, 0.5) is 11.4 Å². The number of hydrogen-bond donors (Lipinski definition) is 1. The van der Waals surface area contributed by atoms with E-state index in [0.29, 0.717) is 34.9 Å². The molecule has 1 aliphatic heterocycles. The van der Waals surface area contributed by atoms with Crippen molar-refractivity contribution in [2.75, 3.05) is 16.2 Å². The molecule has 0 unspecified atom stereocenters. The third-order valence-electron chi connectivity index (χ3n) is 6.15. The molecule has 1 N–H and O–H groups in total. The van der Waals surface area contributed by atoms with E-state index >= 15 is 0 Å². The lowest BCUT2D eigenvalue weighted by atomic mass is 10.1. The SMILES string of the molecule is CCc1nc2cc(C(=O)Nc3ccc4c(c3)N(S(=O)(=O)c3ccc(Cl)cc3)CC4)ccc2n1C. The summed E-state index contributed by atoms with van der Waals surface area (Å²) in [7, 11) is -1.78. The van der Waals surface area contributed by atoms with Gasteiger partial charge in [-0.05, 0) is 66.6 Å². The van der Waals surface area contributed by atoms with Crippen LogP contribution in [0.1, 0.15) is 28.7 Å². The van der Waals surface area contributed by atoms with Gasteiger partial charge in [0.15, 0.2) is 0 Å². The van der Waals surface area contributed by atoms with E-state index in [1.165, 1.54) is 16.4 Å². The zero-order valence-electron chi connectivity index (χ0n) is 18.7. The van der Waals surface area contributed by atoms with E-state index in [9.17, 15) is 13.2 Å². The summed E-state index contributed by atoms with van der Waals surface area (Å²) in [6, 6.07) is 16.9. The van der Waals surface area contributed by atoms with Crippen LogP contribution in [-0.2, 0) is 29.9 Å². The van der Waals surface area contributed by atoms with Gasteiger partial charge in [0.1, 0.15) is 5.82 Å². The van der Waals surface area contributed by atoms with Crippen LogP contribution in [0.5, 0.6) is 0 Å². The lowest BCUT2D eigenvalue weighted by molar-refractivity contribution is 0.102. The summed E-state index contributed by atoms with van der Waals surface area (Å²) in [5.41, 5.74) is 4.23. The van der Waals surface area contributed by atoms with Crippen LogP contribution in [0.3, 0.4) is 0 Å². The number of amides is 1. The molecular formula is C25H23ClN4O3S. The molecule has 2 heterocycles. The highest BCUT2D eigenvalue weighted by Gasteiger charge is 2.31. The molecule has 0 aliphatic carbocycles. The second-order valence-electron chi connectivity index (χ2n) is 8.22. The van der Waals surface area contributed by atoms with Crippen LogP contribution >= 0.6 is 11.6 Å².